The zero-order valence-corrected chi connectivity index (χ0v) is 26.5. The molecule has 6 N–H and O–H groups in total. The maximum Gasteiger partial charge on any atom is 0.304 e. The van der Waals surface area contributed by atoms with E-state index in [4.69, 9.17) is 0 Å². The first-order valence-corrected chi connectivity index (χ1v) is 15.7. The van der Waals surface area contributed by atoms with E-state index in [1.165, 1.54) is 6.92 Å². The highest BCUT2D eigenvalue weighted by molar-refractivity contribution is 5.97. The van der Waals surface area contributed by atoms with Crippen molar-refractivity contribution in [1.82, 2.24) is 26.2 Å². The number of nitrogens with one attached hydrogen (secondary N) is 4. The number of aliphatic carboxylic acids is 1. The van der Waals surface area contributed by atoms with Gasteiger partial charge in [0, 0.05) is 25.9 Å². The molecule has 248 valence electrons. The second-order valence-electron chi connectivity index (χ2n) is 12.6. The summed E-state index contributed by atoms with van der Waals surface area (Å²) in [5, 5.41) is 30.6. The molecule has 2 aliphatic rings. The number of amides is 4. The third kappa shape index (κ3) is 10.6. The number of nitrogens with zero attached hydrogens (tertiary/aromatic N) is 1. The number of carbonyl (C=O) groups is 6. The predicted octanol–water partition coefficient (Wildman–Crippen LogP) is 0.0631. The Morgan fingerprint density at radius 3 is 2.20 bits per heavy atom. The molecule has 0 aromatic heterocycles. The van der Waals surface area contributed by atoms with Gasteiger partial charge in [-0.25, -0.2) is 0 Å². The van der Waals surface area contributed by atoms with Gasteiger partial charge in [0.25, 0.3) is 0 Å². The molecular formula is C32H47N5O8. The lowest BCUT2D eigenvalue weighted by atomic mass is 9.90. The van der Waals surface area contributed by atoms with Crippen LogP contribution in [0.5, 0.6) is 0 Å². The fraction of sp³-hybridized carbons (Fsp3) is 0.625. The molecule has 2 fully saturated rings. The zero-order chi connectivity index (χ0) is 33.3. The Morgan fingerprint density at radius 2 is 1.58 bits per heavy atom. The summed E-state index contributed by atoms with van der Waals surface area (Å²) in [6.45, 7) is 8.00. The van der Waals surface area contributed by atoms with Crippen LogP contribution in [0.2, 0.25) is 0 Å². The molecule has 0 radical (unpaired) electrons. The van der Waals surface area contributed by atoms with Crippen molar-refractivity contribution < 1.29 is 39.0 Å². The molecule has 2 heterocycles. The van der Waals surface area contributed by atoms with E-state index in [0.29, 0.717) is 19.5 Å². The smallest absolute Gasteiger partial charge is 0.304 e. The highest BCUT2D eigenvalue weighted by atomic mass is 16.4. The Bertz CT molecular complexity index is 1230. The molecule has 6 atom stereocenters. The summed E-state index contributed by atoms with van der Waals surface area (Å²) >= 11 is 0. The van der Waals surface area contributed by atoms with Crippen LogP contribution in [-0.2, 0) is 35.2 Å². The van der Waals surface area contributed by atoms with Crippen molar-refractivity contribution >= 4 is 35.4 Å². The van der Waals surface area contributed by atoms with Crippen LogP contribution in [-0.4, -0.2) is 100 Å². The summed E-state index contributed by atoms with van der Waals surface area (Å²) < 4.78 is 0. The SMILES string of the molecule is Cc1ccc(C[C@@H]2NC(=O)[C@@H]3CCCN3CCNC(=O)[C@H]([C@@H](C)O)NC(=O)[C@H](CC(=O)O)CC(=O)[C@H](CC(C)C)NC2=O)cc1. The lowest BCUT2D eigenvalue weighted by molar-refractivity contribution is -0.143. The average Bonchev–Trinajstić information content (AvgIpc) is 3.43. The summed E-state index contributed by atoms with van der Waals surface area (Å²) in [6, 6.07) is 3.56. The van der Waals surface area contributed by atoms with Crippen LogP contribution in [0.4, 0.5) is 0 Å². The van der Waals surface area contributed by atoms with Crippen molar-refractivity contribution in [2.45, 2.75) is 96.5 Å². The number of aliphatic hydroxyl groups is 1. The van der Waals surface area contributed by atoms with Gasteiger partial charge in [-0.2, -0.15) is 0 Å². The first-order chi connectivity index (χ1) is 21.2. The molecule has 13 heteroatoms. The van der Waals surface area contributed by atoms with E-state index < -0.39 is 78.5 Å². The summed E-state index contributed by atoms with van der Waals surface area (Å²) in [6.07, 6.45) is -0.843. The molecule has 0 bridgehead atoms. The number of Topliss-reactive ketones (excluding diaryl/α,β-unsaturated/α-hetero) is 1. The number of carboxylic acids is 1. The molecule has 45 heavy (non-hydrogen) atoms. The number of hydrogen-bond donors (Lipinski definition) is 6. The number of aryl methyl sites for hydroxylation is 1. The minimum absolute atomic E-state index is 0.0515. The number of aliphatic hydroxyl groups excluding tert-OH is 1. The van der Waals surface area contributed by atoms with Crippen molar-refractivity contribution in [3.05, 3.63) is 35.4 Å². The van der Waals surface area contributed by atoms with Crippen LogP contribution in [0, 0.1) is 18.8 Å². The van der Waals surface area contributed by atoms with E-state index in [2.05, 4.69) is 21.3 Å². The van der Waals surface area contributed by atoms with Gasteiger partial charge in [0.1, 0.15) is 12.1 Å². The van der Waals surface area contributed by atoms with Crippen LogP contribution in [0.3, 0.4) is 0 Å². The highest BCUT2D eigenvalue weighted by Crippen LogP contribution is 2.19. The van der Waals surface area contributed by atoms with Crippen LogP contribution in [0.25, 0.3) is 0 Å². The van der Waals surface area contributed by atoms with E-state index in [0.717, 1.165) is 17.5 Å². The van der Waals surface area contributed by atoms with Crippen LogP contribution in [0.15, 0.2) is 24.3 Å². The van der Waals surface area contributed by atoms with Crippen molar-refractivity contribution in [3.8, 4) is 0 Å². The molecule has 0 aliphatic carbocycles. The van der Waals surface area contributed by atoms with E-state index in [-0.39, 0.29) is 31.2 Å². The van der Waals surface area contributed by atoms with Gasteiger partial charge in [-0.1, -0.05) is 43.7 Å². The van der Waals surface area contributed by atoms with E-state index in [1.807, 2.05) is 49.9 Å². The maximum absolute atomic E-state index is 13.8. The van der Waals surface area contributed by atoms with Gasteiger partial charge < -0.3 is 31.5 Å². The quantitative estimate of drug-likeness (QED) is 0.242. The Balaban J connectivity index is 1.98. The number of ketones is 1. The zero-order valence-electron chi connectivity index (χ0n) is 26.5. The Morgan fingerprint density at radius 1 is 0.911 bits per heavy atom. The monoisotopic (exact) mass is 629 g/mol. The molecule has 3 rings (SSSR count). The van der Waals surface area contributed by atoms with Gasteiger partial charge in [0.15, 0.2) is 5.78 Å². The number of rotatable bonds is 7. The summed E-state index contributed by atoms with van der Waals surface area (Å²) in [5.41, 5.74) is 1.85. The minimum atomic E-state index is -1.39. The molecular weight excluding hydrogens is 582 g/mol. The molecule has 1 aromatic rings. The maximum atomic E-state index is 13.8. The fourth-order valence-corrected chi connectivity index (χ4v) is 5.80. The first kappa shape index (κ1) is 35.6. The fourth-order valence-electron chi connectivity index (χ4n) is 5.80. The number of fused-ring (bicyclic) bond motifs is 1. The van der Waals surface area contributed by atoms with E-state index >= 15 is 0 Å². The lowest BCUT2D eigenvalue weighted by Gasteiger charge is -2.29. The Labute approximate surface area is 263 Å². The Hall–Kier alpha value is -3.84. The van der Waals surface area contributed by atoms with Gasteiger partial charge in [0.05, 0.1) is 30.5 Å². The van der Waals surface area contributed by atoms with Gasteiger partial charge in [0.2, 0.25) is 23.6 Å². The second kappa shape index (κ2) is 16.5. The van der Waals surface area contributed by atoms with Gasteiger partial charge in [-0.15, -0.1) is 0 Å². The number of benzene rings is 1. The summed E-state index contributed by atoms with van der Waals surface area (Å²) in [4.78, 5) is 80.8. The van der Waals surface area contributed by atoms with Crippen molar-refractivity contribution in [3.63, 3.8) is 0 Å². The molecule has 2 aliphatic heterocycles. The standard InChI is InChI=1S/C32H47N5O8/c1-18(2)14-23-26(39)16-22(17-27(40)41)29(42)36-28(20(4)38)32(45)33-11-13-37-12-5-6-25(37)31(44)35-24(30(43)34-23)15-21-9-7-19(3)8-10-21/h7-10,18,20,22-25,28,38H,5-6,11-17H2,1-4H3,(H,33,45)(H,34,43)(H,35,44)(H,36,42)(H,40,41)/t20-,22+,23+,24+,25+,28+/m1/s1. The van der Waals surface area contributed by atoms with Crippen molar-refractivity contribution in [1.29, 1.82) is 0 Å². The van der Waals surface area contributed by atoms with Crippen LogP contribution < -0.4 is 21.3 Å². The number of hydrogen-bond acceptors (Lipinski definition) is 8. The lowest BCUT2D eigenvalue weighted by Crippen LogP contribution is -2.57. The van der Waals surface area contributed by atoms with E-state index in [9.17, 15) is 39.0 Å². The topological polar surface area (TPSA) is 194 Å². The van der Waals surface area contributed by atoms with Gasteiger partial charge in [-0.05, 0) is 51.1 Å². The third-order valence-corrected chi connectivity index (χ3v) is 8.27. The summed E-state index contributed by atoms with van der Waals surface area (Å²) in [7, 11) is 0. The number of carboxylic acid groups (broad SMARTS) is 1. The normalized spacial score (nSPS) is 27.0. The van der Waals surface area contributed by atoms with Crippen LogP contribution in [0.1, 0.15) is 64.0 Å². The van der Waals surface area contributed by atoms with Gasteiger partial charge >= 0.3 is 5.97 Å². The summed E-state index contributed by atoms with van der Waals surface area (Å²) in [5.74, 6) is -5.74. The largest absolute Gasteiger partial charge is 0.481 e. The van der Waals surface area contributed by atoms with Crippen LogP contribution >= 0.6 is 0 Å². The first-order valence-electron chi connectivity index (χ1n) is 15.7. The molecule has 13 nitrogen and oxygen atoms in total. The number of carbonyl (C=O) groups excluding carboxylic acids is 5. The van der Waals surface area contributed by atoms with Crippen molar-refractivity contribution in [2.24, 2.45) is 11.8 Å². The van der Waals surface area contributed by atoms with Crippen molar-refractivity contribution in [2.75, 3.05) is 19.6 Å². The molecule has 0 saturated carbocycles. The molecule has 2 saturated heterocycles. The molecule has 1 aromatic carbocycles. The molecule has 0 unspecified atom stereocenters. The average molecular weight is 630 g/mol. The Kier molecular flexibility index (Phi) is 13.0. The minimum Gasteiger partial charge on any atom is -0.481 e. The highest BCUT2D eigenvalue weighted by Gasteiger charge is 2.37. The van der Waals surface area contributed by atoms with E-state index in [1.54, 1.807) is 0 Å². The second-order valence-corrected chi connectivity index (χ2v) is 12.6. The third-order valence-electron chi connectivity index (χ3n) is 8.27. The predicted molar refractivity (Wildman–Crippen MR) is 165 cm³/mol. The molecule has 0 spiro atoms. The molecule has 4 amide bonds. The van der Waals surface area contributed by atoms with Gasteiger partial charge in [-0.3, -0.25) is 33.7 Å².